The molecule has 0 unspecified atom stereocenters. The Morgan fingerprint density at radius 1 is 1.62 bits per heavy atom. The number of anilines is 1. The predicted octanol–water partition coefficient (Wildman–Crippen LogP) is 2.82. The lowest BCUT2D eigenvalue weighted by atomic mass is 10.4. The fourth-order valence-electron chi connectivity index (χ4n) is 0.638. The first-order chi connectivity index (χ1) is 6.15. The van der Waals surface area contributed by atoms with Gasteiger partial charge >= 0.3 is 0 Å². The van der Waals surface area contributed by atoms with Gasteiger partial charge in [-0.2, -0.15) is 0 Å². The van der Waals surface area contributed by atoms with E-state index in [0.717, 1.165) is 6.34 Å². The van der Waals surface area contributed by atoms with Gasteiger partial charge in [-0.05, 0) is 22.6 Å². The van der Waals surface area contributed by atoms with E-state index in [0.29, 0.717) is 19.6 Å². The molecule has 1 aromatic heterocycles. The number of rotatable bonds is 2. The second kappa shape index (κ2) is 4.83. The topological polar surface area (TPSA) is 57.5 Å². The van der Waals surface area contributed by atoms with E-state index >= 15 is 0 Å². The van der Waals surface area contributed by atoms with Gasteiger partial charge in [0.2, 0.25) is 0 Å². The zero-order valence-electron chi connectivity index (χ0n) is 6.13. The van der Waals surface area contributed by atoms with Crippen molar-refractivity contribution in [3.63, 3.8) is 0 Å². The van der Waals surface area contributed by atoms with Crippen molar-refractivity contribution in [2.75, 3.05) is 5.32 Å². The highest BCUT2D eigenvalue weighted by Gasteiger charge is 2.05. The highest BCUT2D eigenvalue weighted by molar-refractivity contribution is 14.1. The van der Waals surface area contributed by atoms with Gasteiger partial charge in [0.25, 0.3) is 0 Å². The van der Waals surface area contributed by atoms with E-state index in [9.17, 15) is 0 Å². The van der Waals surface area contributed by atoms with E-state index in [1.807, 2.05) is 22.6 Å². The number of hydrogen-bond acceptors (Lipinski definition) is 3. The number of oxime groups is 1. The van der Waals surface area contributed by atoms with Crippen LogP contribution in [0.2, 0.25) is 10.2 Å². The van der Waals surface area contributed by atoms with Crippen LogP contribution in [0.1, 0.15) is 0 Å². The molecule has 0 saturated carbocycles. The fraction of sp³-hybridized carbons (Fsp3) is 0. The maximum absolute atomic E-state index is 8.13. The quantitative estimate of drug-likeness (QED) is 0.219. The van der Waals surface area contributed by atoms with E-state index in [1.165, 1.54) is 0 Å². The first-order valence-electron chi connectivity index (χ1n) is 3.09. The van der Waals surface area contributed by atoms with Gasteiger partial charge in [-0.15, -0.1) is 0 Å². The van der Waals surface area contributed by atoms with Crippen LogP contribution in [0.15, 0.2) is 11.2 Å². The Morgan fingerprint density at radius 2 is 2.31 bits per heavy atom. The predicted molar refractivity (Wildman–Crippen MR) is 60.9 cm³/mol. The molecule has 0 bridgehead atoms. The van der Waals surface area contributed by atoms with Gasteiger partial charge in [0.15, 0.2) is 0 Å². The van der Waals surface area contributed by atoms with E-state index in [-0.39, 0.29) is 0 Å². The molecule has 7 heteroatoms. The highest BCUT2D eigenvalue weighted by Crippen LogP contribution is 2.26. The molecule has 13 heavy (non-hydrogen) atoms. The monoisotopic (exact) mass is 331 g/mol. The molecule has 70 valence electrons. The normalized spacial score (nSPS) is 10.7. The zero-order chi connectivity index (χ0) is 9.84. The Bertz CT molecular complexity index is 322. The third kappa shape index (κ3) is 2.85. The van der Waals surface area contributed by atoms with E-state index in [1.54, 1.807) is 6.07 Å². The SMILES string of the molecule is O/N=C/Nc1cc(Cl)c(I)c(Cl)n1. The maximum atomic E-state index is 8.13. The molecular weight excluding hydrogens is 328 g/mol. The van der Waals surface area contributed by atoms with Gasteiger partial charge in [0, 0.05) is 6.07 Å². The first-order valence-corrected chi connectivity index (χ1v) is 4.92. The zero-order valence-corrected chi connectivity index (χ0v) is 9.80. The Kier molecular flexibility index (Phi) is 4.01. The van der Waals surface area contributed by atoms with Crippen molar-refractivity contribution in [2.45, 2.75) is 0 Å². The summed E-state index contributed by atoms with van der Waals surface area (Å²) in [5.41, 5.74) is 0. The van der Waals surface area contributed by atoms with E-state index < -0.39 is 0 Å². The van der Waals surface area contributed by atoms with Crippen molar-refractivity contribution in [1.82, 2.24) is 4.98 Å². The van der Waals surface area contributed by atoms with E-state index in [4.69, 9.17) is 28.4 Å². The number of nitrogens with one attached hydrogen (secondary N) is 1. The molecule has 0 amide bonds. The lowest BCUT2D eigenvalue weighted by Crippen LogP contribution is -1.98. The van der Waals surface area contributed by atoms with Crippen LogP contribution in [0, 0.1) is 3.57 Å². The summed E-state index contributed by atoms with van der Waals surface area (Å²) in [5, 5.41) is 14.3. The largest absolute Gasteiger partial charge is 0.410 e. The molecule has 0 fully saturated rings. The second-order valence-electron chi connectivity index (χ2n) is 1.98. The molecule has 0 spiro atoms. The number of hydrogen-bond donors (Lipinski definition) is 2. The second-order valence-corrected chi connectivity index (χ2v) is 3.83. The average molecular weight is 332 g/mol. The molecule has 4 nitrogen and oxygen atoms in total. The molecule has 1 heterocycles. The van der Waals surface area contributed by atoms with Crippen molar-refractivity contribution in [1.29, 1.82) is 0 Å². The molecule has 0 aliphatic carbocycles. The molecule has 0 aliphatic rings. The molecular formula is C6H4Cl2IN3O. The lowest BCUT2D eigenvalue weighted by molar-refractivity contribution is 0.321. The van der Waals surface area contributed by atoms with Gasteiger partial charge in [-0.3, -0.25) is 0 Å². The Balaban J connectivity index is 2.99. The summed E-state index contributed by atoms with van der Waals surface area (Å²) < 4.78 is 0.687. The molecule has 1 aromatic rings. The van der Waals surface area contributed by atoms with Crippen molar-refractivity contribution >= 4 is 57.9 Å². The van der Waals surface area contributed by atoms with Gasteiger partial charge in [0.05, 0.1) is 8.59 Å². The van der Waals surface area contributed by atoms with Crippen molar-refractivity contribution in [2.24, 2.45) is 5.16 Å². The van der Waals surface area contributed by atoms with Crippen LogP contribution in [0.3, 0.4) is 0 Å². The van der Waals surface area contributed by atoms with Crippen LogP contribution in [0.4, 0.5) is 5.82 Å². The Hall–Kier alpha value is -0.270. The van der Waals surface area contributed by atoms with Crippen LogP contribution in [0.25, 0.3) is 0 Å². The fourth-order valence-corrected chi connectivity index (χ4v) is 1.35. The minimum atomic E-state index is 0.307. The van der Waals surface area contributed by atoms with Crippen molar-refractivity contribution < 1.29 is 5.21 Å². The average Bonchev–Trinajstić information content (AvgIpc) is 2.10. The van der Waals surface area contributed by atoms with E-state index in [2.05, 4.69) is 15.5 Å². The summed E-state index contributed by atoms with van der Waals surface area (Å²) in [6.07, 6.45) is 1.07. The standard InChI is InChI=1S/C6H4Cl2IN3O/c7-3-1-4(10-2-11-13)12-6(8)5(3)9/h1-2,13H,(H,10,11,12). The van der Waals surface area contributed by atoms with Gasteiger partial charge in [0.1, 0.15) is 17.3 Å². The van der Waals surface area contributed by atoms with Crippen molar-refractivity contribution in [3.05, 3.63) is 19.8 Å². The maximum Gasteiger partial charge on any atom is 0.146 e. The minimum absolute atomic E-state index is 0.307. The number of aromatic nitrogens is 1. The number of pyridine rings is 1. The summed E-state index contributed by atoms with van der Waals surface area (Å²) in [4.78, 5) is 3.93. The first kappa shape index (κ1) is 10.8. The number of nitrogens with zero attached hydrogens (tertiary/aromatic N) is 2. The highest BCUT2D eigenvalue weighted by atomic mass is 127. The van der Waals surface area contributed by atoms with Crippen LogP contribution >= 0.6 is 45.8 Å². The molecule has 0 atom stereocenters. The smallest absolute Gasteiger partial charge is 0.146 e. The van der Waals surface area contributed by atoms with Crippen LogP contribution in [-0.4, -0.2) is 16.5 Å². The van der Waals surface area contributed by atoms with Crippen LogP contribution < -0.4 is 5.32 Å². The Labute approximate surface area is 98.1 Å². The third-order valence-electron chi connectivity index (χ3n) is 1.14. The van der Waals surface area contributed by atoms with Crippen LogP contribution in [-0.2, 0) is 0 Å². The summed E-state index contributed by atoms with van der Waals surface area (Å²) in [5.74, 6) is 0.424. The Morgan fingerprint density at radius 3 is 2.85 bits per heavy atom. The molecule has 0 aliphatic heterocycles. The molecule has 2 N–H and O–H groups in total. The van der Waals surface area contributed by atoms with Gasteiger partial charge in [-0.25, -0.2) is 4.98 Å². The molecule has 0 saturated heterocycles. The molecule has 1 rings (SSSR count). The van der Waals surface area contributed by atoms with Gasteiger partial charge in [-0.1, -0.05) is 28.4 Å². The number of halogens is 3. The summed E-state index contributed by atoms with van der Waals surface area (Å²) in [6, 6.07) is 1.58. The van der Waals surface area contributed by atoms with Crippen LogP contribution in [0.5, 0.6) is 0 Å². The molecule has 0 aromatic carbocycles. The third-order valence-corrected chi connectivity index (χ3v) is 3.44. The molecule has 0 radical (unpaired) electrons. The lowest BCUT2D eigenvalue weighted by Gasteiger charge is -2.02. The summed E-state index contributed by atoms with van der Waals surface area (Å²) in [7, 11) is 0. The van der Waals surface area contributed by atoms with Gasteiger partial charge < -0.3 is 10.5 Å². The summed E-state index contributed by atoms with van der Waals surface area (Å²) in [6.45, 7) is 0. The summed E-state index contributed by atoms with van der Waals surface area (Å²) >= 11 is 13.6. The van der Waals surface area contributed by atoms with Crippen molar-refractivity contribution in [3.8, 4) is 0 Å². The minimum Gasteiger partial charge on any atom is -0.410 e.